The third-order valence-corrected chi connectivity index (χ3v) is 9.39. The Bertz CT molecular complexity index is 1110. The topological polar surface area (TPSA) is 88.4 Å². The summed E-state index contributed by atoms with van der Waals surface area (Å²) in [5.74, 6) is 1.72. The molecule has 2 aliphatic heterocycles. The molecule has 1 aromatic carbocycles. The molecule has 9 heteroatoms. The number of carbonyl (C=O) groups is 1. The minimum Gasteiger partial charge on any atom is -0.339 e. The van der Waals surface area contributed by atoms with Crippen molar-refractivity contribution in [1.82, 2.24) is 24.0 Å². The molecule has 1 amide bonds. The van der Waals surface area contributed by atoms with Crippen LogP contribution in [0.15, 0.2) is 23.4 Å². The van der Waals surface area contributed by atoms with E-state index in [1.165, 1.54) is 0 Å². The van der Waals surface area contributed by atoms with Gasteiger partial charge < -0.3 is 9.47 Å². The normalized spacial score (nSPS) is 19.2. The van der Waals surface area contributed by atoms with Gasteiger partial charge in [0.2, 0.25) is 10.0 Å². The summed E-state index contributed by atoms with van der Waals surface area (Å²) in [7, 11) is -3.63. The maximum Gasteiger partial charge on any atom is 0.253 e. The summed E-state index contributed by atoms with van der Waals surface area (Å²) in [6.07, 6.45) is 5.15. The molecule has 2 saturated heterocycles. The number of piperidine rings is 2. The van der Waals surface area contributed by atoms with Crippen LogP contribution in [0, 0.1) is 19.8 Å². The second-order valence-electron chi connectivity index (χ2n) is 9.54. The lowest BCUT2D eigenvalue weighted by Crippen LogP contribution is -2.39. The summed E-state index contributed by atoms with van der Waals surface area (Å²) in [6.45, 7) is 11.1. The minimum atomic E-state index is -3.63. The van der Waals surface area contributed by atoms with Crippen molar-refractivity contribution >= 4 is 15.9 Å². The lowest BCUT2D eigenvalue weighted by Gasteiger charge is -2.32. The third kappa shape index (κ3) is 4.71. The predicted molar refractivity (Wildman–Crippen MR) is 127 cm³/mol. The molecule has 2 aliphatic rings. The zero-order valence-electron chi connectivity index (χ0n) is 20.1. The van der Waals surface area contributed by atoms with Crippen LogP contribution in [0.3, 0.4) is 0 Å². The van der Waals surface area contributed by atoms with Crippen LogP contribution in [0.25, 0.3) is 0 Å². The number of hydrogen-bond donors (Lipinski definition) is 0. The Morgan fingerprint density at radius 2 is 1.73 bits per heavy atom. The number of carbonyl (C=O) groups excluding carboxylic acids is 1. The Hall–Kier alpha value is -2.26. The van der Waals surface area contributed by atoms with E-state index in [1.54, 1.807) is 16.7 Å². The van der Waals surface area contributed by atoms with E-state index in [2.05, 4.69) is 28.6 Å². The number of benzene rings is 1. The first-order valence-electron chi connectivity index (χ1n) is 12.0. The van der Waals surface area contributed by atoms with Gasteiger partial charge in [0.25, 0.3) is 5.91 Å². The van der Waals surface area contributed by atoms with Crippen molar-refractivity contribution in [1.29, 1.82) is 0 Å². The predicted octanol–water partition coefficient (Wildman–Crippen LogP) is 3.36. The van der Waals surface area contributed by atoms with Gasteiger partial charge in [-0.05, 0) is 75.6 Å². The monoisotopic (exact) mass is 473 g/mol. The molecule has 0 bridgehead atoms. The molecule has 4 rings (SSSR count). The van der Waals surface area contributed by atoms with Crippen molar-refractivity contribution in [2.75, 3.05) is 26.2 Å². The SMILES string of the molecule is CCn1cnnc1C1CCN(C(=O)c2cc(C)c(C)c(S(=O)(=O)N3CCC(C)CC3)c2)CC1. The summed E-state index contributed by atoms with van der Waals surface area (Å²) in [5.41, 5.74) is 2.01. The lowest BCUT2D eigenvalue weighted by atomic mass is 9.95. The summed E-state index contributed by atoms with van der Waals surface area (Å²) in [6, 6.07) is 3.42. The van der Waals surface area contributed by atoms with E-state index in [9.17, 15) is 13.2 Å². The highest BCUT2D eigenvalue weighted by molar-refractivity contribution is 7.89. The van der Waals surface area contributed by atoms with E-state index >= 15 is 0 Å². The molecule has 180 valence electrons. The number of rotatable bonds is 5. The molecule has 3 heterocycles. The molecule has 0 saturated carbocycles. The number of hydrogen-bond acceptors (Lipinski definition) is 5. The van der Waals surface area contributed by atoms with E-state index in [0.717, 1.165) is 49.2 Å². The first kappa shape index (κ1) is 23.9. The van der Waals surface area contributed by atoms with E-state index in [1.807, 2.05) is 24.8 Å². The van der Waals surface area contributed by atoms with Gasteiger partial charge >= 0.3 is 0 Å². The fourth-order valence-corrected chi connectivity index (χ4v) is 6.72. The summed E-state index contributed by atoms with van der Waals surface area (Å²) >= 11 is 0. The maximum atomic E-state index is 13.4. The van der Waals surface area contributed by atoms with E-state index in [-0.39, 0.29) is 16.7 Å². The van der Waals surface area contributed by atoms with Gasteiger partial charge in [-0.25, -0.2) is 8.42 Å². The van der Waals surface area contributed by atoms with Gasteiger partial charge in [0.15, 0.2) is 0 Å². The van der Waals surface area contributed by atoms with Gasteiger partial charge in [-0.2, -0.15) is 4.31 Å². The Morgan fingerprint density at radius 3 is 2.36 bits per heavy atom. The second kappa shape index (κ2) is 9.54. The zero-order chi connectivity index (χ0) is 23.8. The smallest absolute Gasteiger partial charge is 0.253 e. The molecule has 0 spiro atoms. The first-order valence-corrected chi connectivity index (χ1v) is 13.4. The molecular weight excluding hydrogens is 438 g/mol. The number of nitrogens with zero attached hydrogens (tertiary/aromatic N) is 5. The van der Waals surface area contributed by atoms with Crippen LogP contribution in [0.4, 0.5) is 0 Å². The molecule has 33 heavy (non-hydrogen) atoms. The molecule has 0 N–H and O–H groups in total. The van der Waals surface area contributed by atoms with Crippen LogP contribution in [0.2, 0.25) is 0 Å². The van der Waals surface area contributed by atoms with Gasteiger partial charge in [-0.1, -0.05) is 6.92 Å². The van der Waals surface area contributed by atoms with Crippen LogP contribution in [-0.2, 0) is 16.6 Å². The standard InChI is InChI=1S/C24H35N5O3S/c1-5-27-16-25-26-23(27)20-8-10-28(11-9-20)24(30)21-14-18(3)19(4)22(15-21)33(31,32)29-12-6-17(2)7-13-29/h14-17,20H,5-13H2,1-4H3. The molecule has 0 unspecified atom stereocenters. The molecule has 0 atom stereocenters. The summed E-state index contributed by atoms with van der Waals surface area (Å²) in [4.78, 5) is 15.5. The van der Waals surface area contributed by atoms with Crippen LogP contribution >= 0.6 is 0 Å². The van der Waals surface area contributed by atoms with Crippen molar-refractivity contribution in [2.24, 2.45) is 5.92 Å². The van der Waals surface area contributed by atoms with Gasteiger partial charge in [0.1, 0.15) is 12.2 Å². The molecule has 0 aliphatic carbocycles. The molecule has 2 aromatic rings. The summed E-state index contributed by atoms with van der Waals surface area (Å²) < 4.78 is 30.5. The highest BCUT2D eigenvalue weighted by atomic mass is 32.2. The Labute approximate surface area is 197 Å². The number of sulfonamides is 1. The van der Waals surface area contributed by atoms with Crippen LogP contribution in [0.5, 0.6) is 0 Å². The lowest BCUT2D eigenvalue weighted by molar-refractivity contribution is 0.0710. The van der Waals surface area contributed by atoms with Crippen molar-refractivity contribution < 1.29 is 13.2 Å². The molecular formula is C24H35N5O3S. The molecule has 0 radical (unpaired) electrons. The third-order valence-electron chi connectivity index (χ3n) is 7.36. The average Bonchev–Trinajstić information content (AvgIpc) is 3.29. The van der Waals surface area contributed by atoms with Gasteiger partial charge in [0.05, 0.1) is 4.90 Å². The highest BCUT2D eigenvalue weighted by Gasteiger charge is 2.32. The quantitative estimate of drug-likeness (QED) is 0.664. The number of aromatic nitrogens is 3. The van der Waals surface area contributed by atoms with E-state index < -0.39 is 10.0 Å². The molecule has 8 nitrogen and oxygen atoms in total. The Morgan fingerprint density at radius 1 is 1.06 bits per heavy atom. The first-order chi connectivity index (χ1) is 15.7. The largest absolute Gasteiger partial charge is 0.339 e. The number of likely N-dealkylation sites (tertiary alicyclic amines) is 1. The average molecular weight is 474 g/mol. The fraction of sp³-hybridized carbons (Fsp3) is 0.625. The highest BCUT2D eigenvalue weighted by Crippen LogP contribution is 2.30. The van der Waals surface area contributed by atoms with Gasteiger partial charge in [0, 0.05) is 44.2 Å². The van der Waals surface area contributed by atoms with E-state index in [4.69, 9.17) is 0 Å². The maximum absolute atomic E-state index is 13.4. The van der Waals surface area contributed by atoms with Crippen molar-refractivity contribution in [3.63, 3.8) is 0 Å². The Kier molecular flexibility index (Phi) is 6.91. The zero-order valence-corrected chi connectivity index (χ0v) is 20.9. The van der Waals surface area contributed by atoms with Gasteiger partial charge in [-0.15, -0.1) is 10.2 Å². The van der Waals surface area contributed by atoms with Crippen molar-refractivity contribution in [2.45, 2.75) is 70.7 Å². The Balaban J connectivity index is 1.53. The fourth-order valence-electron chi connectivity index (χ4n) is 4.93. The second-order valence-corrected chi connectivity index (χ2v) is 11.5. The van der Waals surface area contributed by atoms with Gasteiger partial charge in [-0.3, -0.25) is 4.79 Å². The number of amides is 1. The van der Waals surface area contributed by atoms with Crippen LogP contribution in [-0.4, -0.2) is 64.5 Å². The number of aryl methyl sites for hydroxylation is 2. The summed E-state index contributed by atoms with van der Waals surface area (Å²) in [5, 5.41) is 8.32. The molecule has 1 aromatic heterocycles. The molecule has 2 fully saturated rings. The van der Waals surface area contributed by atoms with E-state index in [0.29, 0.717) is 37.7 Å². The van der Waals surface area contributed by atoms with Crippen molar-refractivity contribution in [3.8, 4) is 0 Å². The minimum absolute atomic E-state index is 0.0998. The van der Waals surface area contributed by atoms with Crippen LogP contribution < -0.4 is 0 Å². The van der Waals surface area contributed by atoms with Crippen LogP contribution in [0.1, 0.15) is 72.8 Å². The van der Waals surface area contributed by atoms with Crippen molar-refractivity contribution in [3.05, 3.63) is 41.0 Å².